The van der Waals surface area contributed by atoms with Gasteiger partial charge in [-0.2, -0.15) is 13.2 Å². The summed E-state index contributed by atoms with van der Waals surface area (Å²) in [5, 5.41) is 0. The average Bonchev–Trinajstić information content (AvgIpc) is 3.55. The molecule has 3 aromatic rings. The van der Waals surface area contributed by atoms with Gasteiger partial charge in [-0.05, 0) is 88.8 Å². The van der Waals surface area contributed by atoms with E-state index in [0.717, 1.165) is 48.5 Å². The van der Waals surface area contributed by atoms with Gasteiger partial charge in [-0.1, -0.05) is 37.6 Å². The van der Waals surface area contributed by atoms with Gasteiger partial charge in [-0.15, -0.1) is 0 Å². The number of amides is 1. The van der Waals surface area contributed by atoms with E-state index in [-0.39, 0.29) is 34.9 Å². The molecule has 0 saturated carbocycles. The van der Waals surface area contributed by atoms with Crippen LogP contribution in [0.3, 0.4) is 0 Å². The Balaban J connectivity index is 1.38. The summed E-state index contributed by atoms with van der Waals surface area (Å²) >= 11 is 0. The number of piperidine rings is 1. The van der Waals surface area contributed by atoms with Crippen molar-refractivity contribution >= 4 is 11.8 Å². The molecule has 0 bridgehead atoms. The molecular weight excluding hydrogens is 657 g/mol. The van der Waals surface area contributed by atoms with Crippen LogP contribution in [-0.4, -0.2) is 79.0 Å². The molecule has 4 heterocycles. The number of ether oxygens (including phenoxy) is 3. The first-order chi connectivity index (χ1) is 24.3. The molecule has 1 aromatic heterocycles. The number of para-hydroxylation sites is 1. The van der Waals surface area contributed by atoms with Gasteiger partial charge >= 0.3 is 12.3 Å². The second-order valence-electron chi connectivity index (χ2n) is 15.1. The van der Waals surface area contributed by atoms with Crippen LogP contribution in [0.4, 0.5) is 23.7 Å². The molecule has 1 amide bonds. The largest absolute Gasteiger partial charge is 0.496 e. The number of nitrogens with zero attached hydrogens (tertiary/aromatic N) is 4. The number of hydrogen-bond acceptors (Lipinski definition) is 7. The van der Waals surface area contributed by atoms with Crippen molar-refractivity contribution in [1.82, 2.24) is 14.8 Å². The van der Waals surface area contributed by atoms with E-state index in [9.17, 15) is 18.0 Å². The van der Waals surface area contributed by atoms with E-state index in [2.05, 4.69) is 24.0 Å². The maximum atomic E-state index is 14.5. The highest BCUT2D eigenvalue weighted by molar-refractivity contribution is 5.69. The molecule has 1 spiro atoms. The Labute approximate surface area is 299 Å². The molecule has 6 rings (SSSR count). The van der Waals surface area contributed by atoms with Crippen molar-refractivity contribution in [1.29, 1.82) is 0 Å². The molecule has 0 aliphatic carbocycles. The topological polar surface area (TPSA) is 67.4 Å². The van der Waals surface area contributed by atoms with E-state index >= 15 is 0 Å². The number of halogens is 3. The standard InChI is InChI=1S/C40H51F3N4O4/c1-7-27-23-46(33-15-11-17-35(49-6)36(33)40(41,42)43)22-20-39(27)26-45(24-28-13-12-21-47(28)37(48)51-38(3,4)5)25-32-30(39)18-19-31(44-32)29-14-9-10-16-34(29)50-8-2/h9-11,14-19,27-28H,7-8,12-13,20-26H2,1-6H3/t27?,28-,39?/m1/s1. The van der Waals surface area contributed by atoms with Crippen LogP contribution in [0.2, 0.25) is 0 Å². The smallest absolute Gasteiger partial charge is 0.421 e. The van der Waals surface area contributed by atoms with Gasteiger partial charge < -0.3 is 24.0 Å². The molecule has 2 fully saturated rings. The summed E-state index contributed by atoms with van der Waals surface area (Å²) in [4.78, 5) is 24.8. The third kappa shape index (κ3) is 7.50. The number of benzene rings is 2. The van der Waals surface area contributed by atoms with E-state index in [0.29, 0.717) is 45.8 Å². The molecule has 11 heteroatoms. The molecule has 0 radical (unpaired) electrons. The van der Waals surface area contributed by atoms with Crippen molar-refractivity contribution in [2.45, 2.75) is 90.1 Å². The van der Waals surface area contributed by atoms with Crippen molar-refractivity contribution in [2.24, 2.45) is 5.92 Å². The number of likely N-dealkylation sites (tertiary alicyclic amines) is 1. The van der Waals surface area contributed by atoms with E-state index < -0.39 is 17.3 Å². The lowest BCUT2D eigenvalue weighted by molar-refractivity contribution is -0.138. The van der Waals surface area contributed by atoms with Crippen LogP contribution >= 0.6 is 0 Å². The zero-order chi connectivity index (χ0) is 36.6. The molecule has 8 nitrogen and oxygen atoms in total. The fourth-order valence-electron chi connectivity index (χ4n) is 8.56. The number of fused-ring (bicyclic) bond motifs is 2. The Hall–Kier alpha value is -3.99. The maximum absolute atomic E-state index is 14.5. The minimum absolute atomic E-state index is 0.00777. The monoisotopic (exact) mass is 708 g/mol. The first kappa shape index (κ1) is 36.8. The van der Waals surface area contributed by atoms with Crippen molar-refractivity contribution in [2.75, 3.05) is 51.3 Å². The second-order valence-corrected chi connectivity index (χ2v) is 15.1. The number of hydrogen-bond donors (Lipinski definition) is 0. The predicted molar refractivity (Wildman–Crippen MR) is 192 cm³/mol. The van der Waals surface area contributed by atoms with Crippen LogP contribution in [0.1, 0.15) is 77.1 Å². The fraction of sp³-hybridized carbons (Fsp3) is 0.550. The van der Waals surface area contributed by atoms with E-state index in [1.165, 1.54) is 18.7 Å². The molecule has 51 heavy (non-hydrogen) atoms. The van der Waals surface area contributed by atoms with Gasteiger partial charge in [0.25, 0.3) is 0 Å². The molecule has 2 saturated heterocycles. The molecule has 0 N–H and O–H groups in total. The van der Waals surface area contributed by atoms with E-state index in [1.54, 1.807) is 12.1 Å². The first-order valence-corrected chi connectivity index (χ1v) is 18.2. The number of carbonyl (C=O) groups excluding carboxylic acids is 1. The van der Waals surface area contributed by atoms with Crippen LogP contribution in [0.25, 0.3) is 11.3 Å². The highest BCUT2D eigenvalue weighted by Crippen LogP contribution is 2.50. The minimum atomic E-state index is -4.56. The van der Waals surface area contributed by atoms with Crippen LogP contribution in [0.15, 0.2) is 54.6 Å². The fourth-order valence-corrected chi connectivity index (χ4v) is 8.56. The van der Waals surface area contributed by atoms with Gasteiger partial charge in [-0.25, -0.2) is 4.79 Å². The van der Waals surface area contributed by atoms with Crippen molar-refractivity contribution in [3.05, 3.63) is 71.4 Å². The first-order valence-electron chi connectivity index (χ1n) is 18.2. The number of methoxy groups -OCH3 is 1. The predicted octanol–water partition coefficient (Wildman–Crippen LogP) is 8.56. The number of pyridine rings is 1. The SMILES string of the molecule is CCOc1ccccc1-c1ccc2c(n1)CN(C[C@H]1CCCN1C(=O)OC(C)(C)C)CC21CCN(c2cccc(OC)c2C(F)(F)F)CC1CC. The lowest BCUT2D eigenvalue weighted by Gasteiger charge is -2.54. The summed E-state index contributed by atoms with van der Waals surface area (Å²) in [7, 11) is 1.28. The Morgan fingerprint density at radius 2 is 1.76 bits per heavy atom. The van der Waals surface area contributed by atoms with Gasteiger partial charge in [0.05, 0.1) is 30.8 Å². The average molecular weight is 709 g/mol. The van der Waals surface area contributed by atoms with Gasteiger partial charge in [-0.3, -0.25) is 9.88 Å². The highest BCUT2D eigenvalue weighted by atomic mass is 19.4. The Morgan fingerprint density at radius 3 is 2.47 bits per heavy atom. The van der Waals surface area contributed by atoms with Crippen LogP contribution < -0.4 is 14.4 Å². The van der Waals surface area contributed by atoms with Gasteiger partial charge in [0, 0.05) is 56.3 Å². The number of aromatic nitrogens is 1. The lowest BCUT2D eigenvalue weighted by atomic mass is 9.62. The Morgan fingerprint density at radius 1 is 1.00 bits per heavy atom. The molecule has 2 aromatic carbocycles. The zero-order valence-electron chi connectivity index (χ0n) is 30.7. The van der Waals surface area contributed by atoms with Crippen molar-refractivity contribution in [3.8, 4) is 22.8 Å². The van der Waals surface area contributed by atoms with Crippen LogP contribution in [0.5, 0.6) is 11.5 Å². The lowest BCUT2D eigenvalue weighted by Crippen LogP contribution is -2.59. The quantitative estimate of drug-likeness (QED) is 0.232. The van der Waals surface area contributed by atoms with Crippen LogP contribution in [-0.2, 0) is 22.9 Å². The van der Waals surface area contributed by atoms with Crippen molar-refractivity contribution in [3.63, 3.8) is 0 Å². The van der Waals surface area contributed by atoms with E-state index in [1.807, 2.05) is 61.8 Å². The number of alkyl halides is 3. The second kappa shape index (κ2) is 14.6. The summed E-state index contributed by atoms with van der Waals surface area (Å²) in [6.07, 6.45) is -1.63. The summed E-state index contributed by atoms with van der Waals surface area (Å²) in [6, 6.07) is 16.7. The molecule has 276 valence electrons. The normalized spacial score (nSPS) is 22.6. The third-order valence-corrected chi connectivity index (χ3v) is 10.7. The minimum Gasteiger partial charge on any atom is -0.496 e. The Bertz CT molecular complexity index is 1710. The van der Waals surface area contributed by atoms with E-state index in [4.69, 9.17) is 19.2 Å². The molecule has 3 aliphatic rings. The summed E-state index contributed by atoms with van der Waals surface area (Å²) in [6.45, 7) is 13.8. The zero-order valence-corrected chi connectivity index (χ0v) is 30.7. The number of carbonyl (C=O) groups is 1. The maximum Gasteiger partial charge on any atom is 0.421 e. The molecule has 3 aliphatic heterocycles. The van der Waals surface area contributed by atoms with Gasteiger partial charge in [0.15, 0.2) is 0 Å². The van der Waals surface area contributed by atoms with Crippen LogP contribution in [0, 0.1) is 5.92 Å². The number of rotatable bonds is 8. The number of anilines is 1. The Kier molecular flexibility index (Phi) is 10.5. The van der Waals surface area contributed by atoms with Crippen molar-refractivity contribution < 1.29 is 32.2 Å². The van der Waals surface area contributed by atoms with Gasteiger partial charge in [0.1, 0.15) is 22.7 Å². The molecule has 2 unspecified atom stereocenters. The molecule has 3 atom stereocenters. The summed E-state index contributed by atoms with van der Waals surface area (Å²) in [5.74, 6) is 0.638. The summed E-state index contributed by atoms with van der Waals surface area (Å²) in [5.41, 5.74) is 2.36. The highest BCUT2D eigenvalue weighted by Gasteiger charge is 2.50. The van der Waals surface area contributed by atoms with Gasteiger partial charge in [0.2, 0.25) is 0 Å². The molecular formula is C40H51F3N4O4. The summed E-state index contributed by atoms with van der Waals surface area (Å²) < 4.78 is 60.4. The third-order valence-electron chi connectivity index (χ3n) is 10.7.